The highest BCUT2D eigenvalue weighted by Gasteiger charge is 2.12. The van der Waals surface area contributed by atoms with Crippen LogP contribution in [0.1, 0.15) is 43.5 Å². The van der Waals surface area contributed by atoms with Crippen molar-refractivity contribution in [3.05, 3.63) is 35.4 Å². The molecule has 0 heterocycles. The minimum atomic E-state index is -0.946. The predicted octanol–water partition coefficient (Wildman–Crippen LogP) is 1.67. The van der Waals surface area contributed by atoms with Crippen LogP contribution in [0, 0.1) is 17.6 Å². The van der Waals surface area contributed by atoms with Gasteiger partial charge >= 0.3 is 0 Å². The normalized spacial score (nSPS) is 10.4. The number of hydrogen-bond donors (Lipinski definition) is 3. The summed E-state index contributed by atoms with van der Waals surface area (Å²) in [5, 5.41) is 2.44. The van der Waals surface area contributed by atoms with Gasteiger partial charge in [-0.3, -0.25) is 25.2 Å². The second-order valence-electron chi connectivity index (χ2n) is 5.68. The molecule has 0 aliphatic carbocycles. The fraction of sp³-hybridized carbons (Fsp3) is 0.438. The summed E-state index contributed by atoms with van der Waals surface area (Å²) in [5.41, 5.74) is 4.30. The summed E-state index contributed by atoms with van der Waals surface area (Å²) in [6, 6.07) is 2.67. The first-order valence-corrected chi connectivity index (χ1v) is 7.60. The molecule has 24 heavy (non-hydrogen) atoms. The molecule has 0 aromatic heterocycles. The molecule has 0 aliphatic rings. The summed E-state index contributed by atoms with van der Waals surface area (Å²) < 4.78 is 26.2. The first-order chi connectivity index (χ1) is 11.3. The fourth-order valence-electron chi connectivity index (χ4n) is 1.84. The lowest BCUT2D eigenvalue weighted by atomic mass is 10.1. The van der Waals surface area contributed by atoms with Crippen LogP contribution in [0.4, 0.5) is 8.78 Å². The Kier molecular flexibility index (Phi) is 7.81. The van der Waals surface area contributed by atoms with Crippen molar-refractivity contribution >= 4 is 17.7 Å². The molecule has 0 saturated carbocycles. The van der Waals surface area contributed by atoms with E-state index in [-0.39, 0.29) is 30.4 Å². The summed E-state index contributed by atoms with van der Waals surface area (Å²) in [4.78, 5) is 34.6. The van der Waals surface area contributed by atoms with Crippen LogP contribution < -0.4 is 16.2 Å². The maximum atomic E-state index is 13.4. The highest BCUT2D eigenvalue weighted by atomic mass is 19.1. The van der Waals surface area contributed by atoms with E-state index in [1.54, 1.807) is 0 Å². The standard InChI is InChI=1S/C16H21F2N3O3/c1-10(2)8-15(23)21-20-14(22)4-3-7-19-16(24)12-6-5-11(17)9-13(12)18/h5-6,9-10H,3-4,7-8H2,1-2H3,(H,19,24)(H,20,22)(H,21,23). The molecule has 132 valence electrons. The largest absolute Gasteiger partial charge is 0.352 e. The van der Waals surface area contributed by atoms with Gasteiger partial charge in [-0.25, -0.2) is 8.78 Å². The van der Waals surface area contributed by atoms with Gasteiger partial charge in [0.15, 0.2) is 0 Å². The molecule has 1 aromatic carbocycles. The van der Waals surface area contributed by atoms with Gasteiger partial charge in [0.1, 0.15) is 11.6 Å². The quantitative estimate of drug-likeness (QED) is 0.521. The third-order valence-electron chi connectivity index (χ3n) is 2.98. The SMILES string of the molecule is CC(C)CC(=O)NNC(=O)CCCNC(=O)c1ccc(F)cc1F. The van der Waals surface area contributed by atoms with Gasteiger partial charge in [-0.15, -0.1) is 0 Å². The van der Waals surface area contributed by atoms with Crippen molar-refractivity contribution < 1.29 is 23.2 Å². The molecule has 3 amide bonds. The summed E-state index contributed by atoms with van der Waals surface area (Å²) in [7, 11) is 0. The molecular weight excluding hydrogens is 320 g/mol. The Morgan fingerprint density at radius 1 is 1.08 bits per heavy atom. The monoisotopic (exact) mass is 341 g/mol. The molecule has 0 radical (unpaired) electrons. The Hall–Kier alpha value is -2.51. The maximum absolute atomic E-state index is 13.4. The van der Waals surface area contributed by atoms with Crippen LogP contribution in [0.25, 0.3) is 0 Å². The van der Waals surface area contributed by atoms with E-state index in [0.29, 0.717) is 18.9 Å². The van der Waals surface area contributed by atoms with Crippen LogP contribution in [0.3, 0.4) is 0 Å². The van der Waals surface area contributed by atoms with E-state index < -0.39 is 23.4 Å². The van der Waals surface area contributed by atoms with Crippen molar-refractivity contribution in [1.29, 1.82) is 0 Å². The summed E-state index contributed by atoms with van der Waals surface area (Å²) in [6.07, 6.45) is 0.689. The molecular formula is C16H21F2N3O3. The van der Waals surface area contributed by atoms with Crippen molar-refractivity contribution in [1.82, 2.24) is 16.2 Å². The second kappa shape index (κ2) is 9.59. The molecule has 0 atom stereocenters. The van der Waals surface area contributed by atoms with Crippen molar-refractivity contribution in [3.8, 4) is 0 Å². The number of carbonyl (C=O) groups excluding carboxylic acids is 3. The smallest absolute Gasteiger partial charge is 0.254 e. The molecule has 8 heteroatoms. The average molecular weight is 341 g/mol. The average Bonchev–Trinajstić information content (AvgIpc) is 2.48. The van der Waals surface area contributed by atoms with E-state index in [2.05, 4.69) is 16.2 Å². The highest BCUT2D eigenvalue weighted by molar-refractivity contribution is 5.94. The topological polar surface area (TPSA) is 87.3 Å². The van der Waals surface area contributed by atoms with Crippen LogP contribution in [-0.2, 0) is 9.59 Å². The van der Waals surface area contributed by atoms with E-state index in [1.807, 2.05) is 13.8 Å². The van der Waals surface area contributed by atoms with Crippen LogP contribution in [0.15, 0.2) is 18.2 Å². The summed E-state index contributed by atoms with van der Waals surface area (Å²) in [5.74, 6) is -2.88. The molecule has 0 aliphatic heterocycles. The number of benzene rings is 1. The van der Waals surface area contributed by atoms with E-state index in [4.69, 9.17) is 0 Å². The molecule has 0 unspecified atom stereocenters. The fourth-order valence-corrected chi connectivity index (χ4v) is 1.84. The maximum Gasteiger partial charge on any atom is 0.254 e. The minimum Gasteiger partial charge on any atom is -0.352 e. The van der Waals surface area contributed by atoms with Gasteiger partial charge in [-0.1, -0.05) is 13.8 Å². The summed E-state index contributed by atoms with van der Waals surface area (Å²) in [6.45, 7) is 3.91. The van der Waals surface area contributed by atoms with Gasteiger partial charge in [0.25, 0.3) is 5.91 Å². The van der Waals surface area contributed by atoms with Gasteiger partial charge in [0, 0.05) is 25.5 Å². The Balaban J connectivity index is 2.24. The van der Waals surface area contributed by atoms with Gasteiger partial charge in [0.05, 0.1) is 5.56 Å². The lowest BCUT2D eigenvalue weighted by Gasteiger charge is -2.09. The number of halogens is 2. The van der Waals surface area contributed by atoms with Crippen molar-refractivity contribution in [2.24, 2.45) is 5.92 Å². The van der Waals surface area contributed by atoms with Gasteiger partial charge in [-0.2, -0.15) is 0 Å². The minimum absolute atomic E-state index is 0.0775. The van der Waals surface area contributed by atoms with Crippen molar-refractivity contribution in [3.63, 3.8) is 0 Å². The Labute approximate surface area is 139 Å². The molecule has 0 spiro atoms. The first-order valence-electron chi connectivity index (χ1n) is 7.60. The molecule has 3 N–H and O–H groups in total. The summed E-state index contributed by atoms with van der Waals surface area (Å²) >= 11 is 0. The molecule has 0 saturated heterocycles. The van der Waals surface area contributed by atoms with E-state index in [9.17, 15) is 23.2 Å². The zero-order valence-electron chi connectivity index (χ0n) is 13.6. The molecule has 1 aromatic rings. The van der Waals surface area contributed by atoms with Crippen LogP contribution in [0.2, 0.25) is 0 Å². The van der Waals surface area contributed by atoms with Gasteiger partial charge < -0.3 is 5.32 Å². The third kappa shape index (κ3) is 7.17. The lowest BCUT2D eigenvalue weighted by molar-refractivity contribution is -0.129. The predicted molar refractivity (Wildman–Crippen MR) is 83.7 cm³/mol. The number of amides is 3. The van der Waals surface area contributed by atoms with Crippen molar-refractivity contribution in [2.75, 3.05) is 6.54 Å². The van der Waals surface area contributed by atoms with E-state index in [1.165, 1.54) is 0 Å². The lowest BCUT2D eigenvalue weighted by Crippen LogP contribution is -2.42. The Morgan fingerprint density at radius 3 is 2.38 bits per heavy atom. The second-order valence-corrected chi connectivity index (χ2v) is 5.68. The molecule has 1 rings (SSSR count). The number of carbonyl (C=O) groups is 3. The van der Waals surface area contributed by atoms with E-state index in [0.717, 1.165) is 12.1 Å². The molecule has 0 fully saturated rings. The Bertz CT molecular complexity index is 606. The third-order valence-corrected chi connectivity index (χ3v) is 2.98. The van der Waals surface area contributed by atoms with Gasteiger partial charge in [-0.05, 0) is 24.5 Å². The number of hydrogen-bond acceptors (Lipinski definition) is 3. The van der Waals surface area contributed by atoms with Crippen LogP contribution >= 0.6 is 0 Å². The Morgan fingerprint density at radius 2 is 1.75 bits per heavy atom. The van der Waals surface area contributed by atoms with Crippen LogP contribution in [-0.4, -0.2) is 24.3 Å². The highest BCUT2D eigenvalue weighted by Crippen LogP contribution is 2.09. The van der Waals surface area contributed by atoms with Crippen LogP contribution in [0.5, 0.6) is 0 Å². The van der Waals surface area contributed by atoms with E-state index >= 15 is 0 Å². The number of hydrazine groups is 1. The number of rotatable bonds is 7. The molecule has 6 nitrogen and oxygen atoms in total. The number of nitrogens with one attached hydrogen (secondary N) is 3. The molecule has 0 bridgehead atoms. The van der Waals surface area contributed by atoms with Gasteiger partial charge in [0.2, 0.25) is 11.8 Å². The zero-order valence-corrected chi connectivity index (χ0v) is 13.6. The zero-order chi connectivity index (χ0) is 18.1. The van der Waals surface area contributed by atoms with Crippen molar-refractivity contribution in [2.45, 2.75) is 33.1 Å². The first kappa shape index (κ1) is 19.5.